The third kappa shape index (κ3) is 2.93. The molecular formula is C14H19N5O3S. The summed E-state index contributed by atoms with van der Waals surface area (Å²) in [4.78, 5) is 8.13. The van der Waals surface area contributed by atoms with Gasteiger partial charge in [0.05, 0.1) is 17.9 Å². The van der Waals surface area contributed by atoms with E-state index in [4.69, 9.17) is 4.74 Å². The third-order valence-corrected chi connectivity index (χ3v) is 6.11. The highest BCUT2D eigenvalue weighted by Gasteiger charge is 2.36. The summed E-state index contributed by atoms with van der Waals surface area (Å²) in [5.41, 5.74) is 1.16. The fourth-order valence-corrected chi connectivity index (χ4v) is 4.67. The van der Waals surface area contributed by atoms with Crippen molar-refractivity contribution >= 4 is 10.0 Å². The van der Waals surface area contributed by atoms with Gasteiger partial charge in [-0.25, -0.2) is 18.4 Å². The maximum atomic E-state index is 12.9. The Labute approximate surface area is 135 Å². The molecule has 1 atom stereocenters. The van der Waals surface area contributed by atoms with Crippen molar-refractivity contribution in [3.05, 3.63) is 30.0 Å². The number of aryl methyl sites for hydroxylation is 2. The molecule has 3 rings (SSSR count). The number of hydrogen-bond donors (Lipinski definition) is 0. The molecule has 0 bridgehead atoms. The molecule has 0 saturated carbocycles. The van der Waals surface area contributed by atoms with E-state index in [2.05, 4.69) is 15.1 Å². The first-order valence-electron chi connectivity index (χ1n) is 7.32. The lowest BCUT2D eigenvalue weighted by Gasteiger charge is -2.17. The van der Waals surface area contributed by atoms with Gasteiger partial charge in [0.1, 0.15) is 17.3 Å². The fraction of sp³-hybridized carbons (Fsp3) is 0.500. The molecule has 1 saturated heterocycles. The first-order valence-corrected chi connectivity index (χ1v) is 8.76. The maximum Gasteiger partial charge on any atom is 0.246 e. The summed E-state index contributed by atoms with van der Waals surface area (Å²) >= 11 is 0. The fourth-order valence-electron chi connectivity index (χ4n) is 2.79. The predicted molar refractivity (Wildman–Crippen MR) is 82.5 cm³/mol. The Morgan fingerprint density at radius 1 is 1.35 bits per heavy atom. The van der Waals surface area contributed by atoms with Crippen LogP contribution in [-0.2, 0) is 17.1 Å². The van der Waals surface area contributed by atoms with E-state index in [0.29, 0.717) is 41.7 Å². The van der Waals surface area contributed by atoms with Crippen LogP contribution >= 0.6 is 0 Å². The summed E-state index contributed by atoms with van der Waals surface area (Å²) in [6.07, 6.45) is 3.41. The van der Waals surface area contributed by atoms with Gasteiger partial charge < -0.3 is 4.74 Å². The first-order chi connectivity index (χ1) is 10.9. The van der Waals surface area contributed by atoms with E-state index in [1.54, 1.807) is 37.8 Å². The van der Waals surface area contributed by atoms with Crippen LogP contribution in [0.2, 0.25) is 0 Å². The van der Waals surface area contributed by atoms with Crippen molar-refractivity contribution in [1.29, 1.82) is 0 Å². The Morgan fingerprint density at radius 3 is 2.74 bits per heavy atom. The average Bonchev–Trinajstić information content (AvgIpc) is 3.06. The van der Waals surface area contributed by atoms with Crippen LogP contribution in [0.15, 0.2) is 23.5 Å². The van der Waals surface area contributed by atoms with Crippen molar-refractivity contribution in [3.63, 3.8) is 0 Å². The average molecular weight is 337 g/mol. The van der Waals surface area contributed by atoms with Gasteiger partial charge in [-0.1, -0.05) is 0 Å². The van der Waals surface area contributed by atoms with E-state index < -0.39 is 10.0 Å². The second-order valence-corrected chi connectivity index (χ2v) is 7.44. The van der Waals surface area contributed by atoms with Crippen molar-refractivity contribution in [1.82, 2.24) is 24.1 Å². The van der Waals surface area contributed by atoms with E-state index in [0.717, 1.165) is 0 Å². The summed E-state index contributed by atoms with van der Waals surface area (Å²) < 4.78 is 34.5. The molecule has 124 valence electrons. The molecule has 0 radical (unpaired) electrons. The van der Waals surface area contributed by atoms with Crippen LogP contribution in [0.5, 0.6) is 5.88 Å². The predicted octanol–water partition coefficient (Wildman–Crippen LogP) is 0.669. The molecule has 0 spiro atoms. The third-order valence-electron chi connectivity index (χ3n) is 3.99. The van der Waals surface area contributed by atoms with E-state index >= 15 is 0 Å². The van der Waals surface area contributed by atoms with Gasteiger partial charge in [0, 0.05) is 25.9 Å². The lowest BCUT2D eigenvalue weighted by molar-refractivity contribution is 0.206. The molecule has 23 heavy (non-hydrogen) atoms. The van der Waals surface area contributed by atoms with Crippen LogP contribution in [0.3, 0.4) is 0 Å². The smallest absolute Gasteiger partial charge is 0.246 e. The minimum Gasteiger partial charge on any atom is -0.473 e. The van der Waals surface area contributed by atoms with Crippen molar-refractivity contribution < 1.29 is 13.2 Å². The van der Waals surface area contributed by atoms with Gasteiger partial charge >= 0.3 is 0 Å². The molecule has 8 nitrogen and oxygen atoms in total. The highest BCUT2D eigenvalue weighted by Crippen LogP contribution is 2.27. The highest BCUT2D eigenvalue weighted by atomic mass is 32.2. The largest absolute Gasteiger partial charge is 0.473 e. The van der Waals surface area contributed by atoms with Crippen molar-refractivity contribution in [3.8, 4) is 5.88 Å². The van der Waals surface area contributed by atoms with Gasteiger partial charge in [0.2, 0.25) is 15.9 Å². The molecule has 9 heteroatoms. The van der Waals surface area contributed by atoms with Gasteiger partial charge in [-0.05, 0) is 20.3 Å². The van der Waals surface area contributed by atoms with Crippen LogP contribution in [0.25, 0.3) is 0 Å². The van der Waals surface area contributed by atoms with Gasteiger partial charge in [0.25, 0.3) is 0 Å². The molecule has 1 fully saturated rings. The molecule has 2 aromatic heterocycles. The van der Waals surface area contributed by atoms with Crippen LogP contribution in [0.1, 0.15) is 17.8 Å². The molecule has 0 aliphatic carbocycles. The molecule has 3 heterocycles. The zero-order valence-electron chi connectivity index (χ0n) is 13.3. The number of rotatable bonds is 4. The molecule has 1 aliphatic rings. The standard InChI is InChI=1S/C14H19N5O3S/c1-10-14(11(2)18(3)17-10)23(20,21)19-7-5-12(8-19)22-13-4-6-15-9-16-13/h4,6,9,12H,5,7-8H2,1-3H3. The number of nitrogens with zero attached hydrogens (tertiary/aromatic N) is 5. The van der Waals surface area contributed by atoms with Crippen LogP contribution < -0.4 is 4.74 Å². The molecule has 0 amide bonds. The lowest BCUT2D eigenvalue weighted by Crippen LogP contribution is -2.31. The molecule has 1 aliphatic heterocycles. The summed E-state index contributed by atoms with van der Waals surface area (Å²) in [5.74, 6) is 0.456. The Balaban J connectivity index is 1.78. The van der Waals surface area contributed by atoms with Crippen LogP contribution in [0, 0.1) is 13.8 Å². The lowest BCUT2D eigenvalue weighted by atomic mass is 10.3. The molecule has 0 N–H and O–H groups in total. The Bertz CT molecular complexity index is 803. The zero-order chi connectivity index (χ0) is 16.6. The van der Waals surface area contributed by atoms with Crippen molar-refractivity contribution in [2.45, 2.75) is 31.3 Å². The summed E-state index contributed by atoms with van der Waals surface area (Å²) in [6, 6.07) is 1.66. The van der Waals surface area contributed by atoms with Gasteiger partial charge in [-0.2, -0.15) is 9.40 Å². The van der Waals surface area contributed by atoms with E-state index in [-0.39, 0.29) is 6.10 Å². The molecule has 2 aromatic rings. The first kappa shape index (κ1) is 15.9. The SMILES string of the molecule is Cc1nn(C)c(C)c1S(=O)(=O)N1CCC(Oc2ccncn2)C1. The van der Waals surface area contributed by atoms with E-state index in [9.17, 15) is 8.42 Å². The molecule has 0 aromatic carbocycles. The van der Waals surface area contributed by atoms with Gasteiger partial charge in [-0.3, -0.25) is 4.68 Å². The Hall–Kier alpha value is -2.00. The van der Waals surface area contributed by atoms with Crippen molar-refractivity contribution in [2.24, 2.45) is 7.05 Å². The second-order valence-electron chi connectivity index (χ2n) is 5.56. The second kappa shape index (κ2) is 5.89. The minimum atomic E-state index is -3.57. The molecular weight excluding hydrogens is 318 g/mol. The number of aromatic nitrogens is 4. The topological polar surface area (TPSA) is 90.2 Å². The van der Waals surface area contributed by atoms with E-state index in [1.807, 2.05) is 0 Å². The normalized spacial score (nSPS) is 19.2. The monoisotopic (exact) mass is 337 g/mol. The summed E-state index contributed by atoms with van der Waals surface area (Å²) in [6.45, 7) is 4.20. The van der Waals surface area contributed by atoms with Crippen LogP contribution in [-0.4, -0.2) is 51.7 Å². The summed E-state index contributed by atoms with van der Waals surface area (Å²) in [5, 5.41) is 4.20. The van der Waals surface area contributed by atoms with E-state index in [1.165, 1.54) is 10.6 Å². The Morgan fingerprint density at radius 2 is 2.13 bits per heavy atom. The zero-order valence-corrected chi connectivity index (χ0v) is 14.1. The number of ether oxygens (including phenoxy) is 1. The van der Waals surface area contributed by atoms with Crippen LogP contribution in [0.4, 0.5) is 0 Å². The molecule has 1 unspecified atom stereocenters. The summed E-state index contributed by atoms with van der Waals surface area (Å²) in [7, 11) is -1.82. The Kier molecular flexibility index (Phi) is 4.07. The quantitative estimate of drug-likeness (QED) is 0.814. The highest BCUT2D eigenvalue weighted by molar-refractivity contribution is 7.89. The van der Waals surface area contributed by atoms with Gasteiger partial charge in [-0.15, -0.1) is 0 Å². The maximum absolute atomic E-state index is 12.9. The minimum absolute atomic E-state index is 0.211. The number of hydrogen-bond acceptors (Lipinski definition) is 6. The number of sulfonamides is 1. The van der Waals surface area contributed by atoms with Gasteiger partial charge in [0.15, 0.2) is 0 Å². The van der Waals surface area contributed by atoms with Crippen molar-refractivity contribution in [2.75, 3.05) is 13.1 Å².